The Morgan fingerprint density at radius 3 is 2.20 bits per heavy atom. The van der Waals surface area contributed by atoms with Crippen molar-refractivity contribution in [2.45, 2.75) is 31.7 Å². The van der Waals surface area contributed by atoms with E-state index in [4.69, 9.17) is 4.74 Å². The average Bonchev–Trinajstić information content (AvgIpc) is 3.82. The van der Waals surface area contributed by atoms with E-state index in [1.54, 1.807) is 7.05 Å². The molecule has 0 atom stereocenters. The number of pyridine rings is 1. The molecule has 238 valence electrons. The van der Waals surface area contributed by atoms with Crippen LogP contribution in [0.15, 0.2) is 60.8 Å². The molecule has 3 aromatic rings. The van der Waals surface area contributed by atoms with Crippen molar-refractivity contribution >= 4 is 45.1 Å². The van der Waals surface area contributed by atoms with Crippen LogP contribution in [0.3, 0.4) is 0 Å². The van der Waals surface area contributed by atoms with Crippen LogP contribution in [0, 0.1) is 17.0 Å². The largest absolute Gasteiger partial charge is 0.457 e. The predicted octanol–water partition coefficient (Wildman–Crippen LogP) is 4.40. The van der Waals surface area contributed by atoms with Gasteiger partial charge in [-0.15, -0.1) is 0 Å². The fourth-order valence-corrected chi connectivity index (χ4v) is 5.85. The van der Waals surface area contributed by atoms with E-state index in [1.165, 1.54) is 63.9 Å². The standard InChI is InChI=1S/C30H32F2N6O6S/c1-37(21-10-15-38(16-11-21)45(2,42)43)29(41)36-26-18-23(9-14-33-26)44-22-7-8-25(24(32)17-22)35-28(40)30(12-13-30)27(39)34-20-5-3-19(31)4-6-20/h3-9,14,17-18,21H,10-13,15-16H2,1-2H3,(H,34,39)(H,35,40)(H,33,36,41). The predicted molar refractivity (Wildman–Crippen MR) is 162 cm³/mol. The van der Waals surface area contributed by atoms with Gasteiger partial charge in [0.05, 0.1) is 11.9 Å². The number of amides is 4. The first-order valence-corrected chi connectivity index (χ1v) is 16.0. The summed E-state index contributed by atoms with van der Waals surface area (Å²) in [5.74, 6) is -1.91. The lowest BCUT2D eigenvalue weighted by atomic mass is 10.0. The van der Waals surface area contributed by atoms with Crippen molar-refractivity contribution in [2.24, 2.45) is 5.41 Å². The highest BCUT2D eigenvalue weighted by Gasteiger charge is 2.56. The fourth-order valence-electron chi connectivity index (χ4n) is 4.97. The molecule has 4 amide bonds. The molecular weight excluding hydrogens is 610 g/mol. The Kier molecular flexibility index (Phi) is 9.02. The minimum absolute atomic E-state index is 0.110. The van der Waals surface area contributed by atoms with Gasteiger partial charge < -0.3 is 20.3 Å². The van der Waals surface area contributed by atoms with Gasteiger partial charge in [0, 0.05) is 50.2 Å². The number of nitrogens with one attached hydrogen (secondary N) is 3. The van der Waals surface area contributed by atoms with E-state index in [2.05, 4.69) is 20.9 Å². The zero-order valence-corrected chi connectivity index (χ0v) is 25.4. The first-order valence-electron chi connectivity index (χ1n) is 14.1. The second-order valence-electron chi connectivity index (χ2n) is 11.1. The van der Waals surface area contributed by atoms with Crippen LogP contribution in [0.1, 0.15) is 25.7 Å². The second-order valence-corrected chi connectivity index (χ2v) is 13.0. The highest BCUT2D eigenvalue weighted by Crippen LogP contribution is 2.47. The van der Waals surface area contributed by atoms with Crippen molar-refractivity contribution in [1.82, 2.24) is 14.2 Å². The number of rotatable bonds is 9. The number of sulfonamides is 1. The van der Waals surface area contributed by atoms with Crippen molar-refractivity contribution in [3.63, 3.8) is 0 Å². The lowest BCUT2D eigenvalue weighted by Gasteiger charge is -2.35. The van der Waals surface area contributed by atoms with Crippen LogP contribution >= 0.6 is 0 Å². The third kappa shape index (κ3) is 7.54. The molecule has 0 radical (unpaired) electrons. The van der Waals surface area contributed by atoms with Gasteiger partial charge in [-0.1, -0.05) is 0 Å². The number of hydrogen-bond donors (Lipinski definition) is 3. The number of benzene rings is 2. The zero-order chi connectivity index (χ0) is 32.4. The number of carbonyl (C=O) groups is 3. The second kappa shape index (κ2) is 12.8. The van der Waals surface area contributed by atoms with Crippen LogP contribution in [-0.2, 0) is 19.6 Å². The van der Waals surface area contributed by atoms with Gasteiger partial charge in [-0.05, 0) is 68.1 Å². The summed E-state index contributed by atoms with van der Waals surface area (Å²) in [5.41, 5.74) is -1.15. The van der Waals surface area contributed by atoms with Gasteiger partial charge >= 0.3 is 6.03 Å². The van der Waals surface area contributed by atoms with Crippen molar-refractivity contribution in [3.8, 4) is 11.5 Å². The monoisotopic (exact) mass is 642 g/mol. The van der Waals surface area contributed by atoms with Crippen molar-refractivity contribution < 1.29 is 36.3 Å². The van der Waals surface area contributed by atoms with E-state index in [9.17, 15) is 31.6 Å². The molecule has 45 heavy (non-hydrogen) atoms. The normalized spacial score (nSPS) is 16.4. The number of piperidine rings is 1. The Bertz CT molecular complexity index is 1710. The maximum atomic E-state index is 15.0. The SMILES string of the molecule is CN(C(=O)Nc1cc(Oc2ccc(NC(=O)C3(C(=O)Nc4ccc(F)cc4)CC3)c(F)c2)ccn1)C1CCN(S(C)(=O)=O)CC1. The summed E-state index contributed by atoms with van der Waals surface area (Å²) in [6.07, 6.45) is 4.14. The molecule has 1 aliphatic carbocycles. The molecular formula is C30H32F2N6O6S. The van der Waals surface area contributed by atoms with E-state index < -0.39 is 44.9 Å². The molecule has 1 aromatic heterocycles. The minimum Gasteiger partial charge on any atom is -0.457 e. The molecule has 0 spiro atoms. The number of urea groups is 1. The van der Waals surface area contributed by atoms with Crippen molar-refractivity contribution in [2.75, 3.05) is 42.3 Å². The van der Waals surface area contributed by atoms with Crippen LogP contribution in [0.4, 0.5) is 30.8 Å². The summed E-state index contributed by atoms with van der Waals surface area (Å²) in [5, 5.41) is 7.76. The highest BCUT2D eigenvalue weighted by molar-refractivity contribution is 7.88. The van der Waals surface area contributed by atoms with Gasteiger partial charge in [0.15, 0.2) is 0 Å². The van der Waals surface area contributed by atoms with Crippen LogP contribution in [0.2, 0.25) is 0 Å². The van der Waals surface area contributed by atoms with Crippen molar-refractivity contribution in [1.29, 1.82) is 0 Å². The van der Waals surface area contributed by atoms with E-state index in [1.807, 2.05) is 0 Å². The molecule has 12 nitrogen and oxygen atoms in total. The zero-order valence-electron chi connectivity index (χ0n) is 24.5. The number of nitrogens with zero attached hydrogens (tertiary/aromatic N) is 3. The number of aromatic nitrogens is 1. The molecule has 5 rings (SSSR count). The Morgan fingerprint density at radius 1 is 0.933 bits per heavy atom. The summed E-state index contributed by atoms with van der Waals surface area (Å²) in [6.45, 7) is 0.658. The molecule has 0 bridgehead atoms. The quantitative estimate of drug-likeness (QED) is 0.293. The number of anilines is 3. The van der Waals surface area contributed by atoms with Gasteiger partial charge in [0.2, 0.25) is 21.8 Å². The summed E-state index contributed by atoms with van der Waals surface area (Å²) in [7, 11) is -1.65. The lowest BCUT2D eigenvalue weighted by Crippen LogP contribution is -2.48. The number of hydrogen-bond acceptors (Lipinski definition) is 7. The molecule has 1 saturated carbocycles. The van der Waals surface area contributed by atoms with Gasteiger partial charge in [0.1, 0.15) is 34.4 Å². The van der Waals surface area contributed by atoms with E-state index >= 15 is 0 Å². The Hall–Kier alpha value is -4.63. The van der Waals surface area contributed by atoms with Crippen LogP contribution in [-0.4, -0.2) is 72.9 Å². The summed E-state index contributed by atoms with van der Waals surface area (Å²) in [4.78, 5) is 44.2. The average molecular weight is 643 g/mol. The maximum absolute atomic E-state index is 15.0. The minimum atomic E-state index is -3.28. The van der Waals surface area contributed by atoms with Gasteiger partial charge in [-0.2, -0.15) is 0 Å². The molecule has 2 aliphatic rings. The van der Waals surface area contributed by atoms with Crippen LogP contribution in [0.25, 0.3) is 0 Å². The number of carbonyl (C=O) groups excluding carboxylic acids is 3. The molecule has 15 heteroatoms. The molecule has 0 unspecified atom stereocenters. The maximum Gasteiger partial charge on any atom is 0.323 e. The fraction of sp³-hybridized carbons (Fsp3) is 0.333. The smallest absolute Gasteiger partial charge is 0.323 e. The molecule has 2 aromatic carbocycles. The van der Waals surface area contributed by atoms with Crippen LogP contribution in [0.5, 0.6) is 11.5 Å². The Labute approximate surface area is 258 Å². The Balaban J connectivity index is 1.16. The molecule has 3 N–H and O–H groups in total. The van der Waals surface area contributed by atoms with E-state index in [0.29, 0.717) is 31.6 Å². The van der Waals surface area contributed by atoms with Crippen molar-refractivity contribution in [3.05, 3.63) is 72.4 Å². The first-order chi connectivity index (χ1) is 21.3. The van der Waals surface area contributed by atoms with E-state index in [-0.39, 0.29) is 41.9 Å². The lowest BCUT2D eigenvalue weighted by molar-refractivity contribution is -0.131. The Morgan fingerprint density at radius 2 is 1.58 bits per heavy atom. The van der Waals surface area contributed by atoms with Gasteiger partial charge in [-0.25, -0.2) is 31.3 Å². The summed E-state index contributed by atoms with van der Waals surface area (Å²) in [6, 6.07) is 11.4. The van der Waals surface area contributed by atoms with Gasteiger partial charge in [0.25, 0.3) is 0 Å². The molecule has 1 saturated heterocycles. The molecule has 2 fully saturated rings. The first kappa shape index (κ1) is 31.8. The van der Waals surface area contributed by atoms with Crippen LogP contribution < -0.4 is 20.7 Å². The number of halogens is 2. The highest BCUT2D eigenvalue weighted by atomic mass is 32.2. The third-order valence-corrected chi connectivity index (χ3v) is 9.18. The summed E-state index contributed by atoms with van der Waals surface area (Å²) < 4.78 is 58.8. The third-order valence-electron chi connectivity index (χ3n) is 7.87. The molecule has 2 heterocycles. The number of ether oxygens (including phenoxy) is 1. The van der Waals surface area contributed by atoms with Gasteiger partial charge in [-0.3, -0.25) is 14.9 Å². The summed E-state index contributed by atoms with van der Waals surface area (Å²) >= 11 is 0. The van der Waals surface area contributed by atoms with E-state index in [0.717, 1.165) is 12.3 Å². The molecule has 1 aliphatic heterocycles. The topological polar surface area (TPSA) is 150 Å².